The van der Waals surface area contributed by atoms with Crippen molar-refractivity contribution in [3.05, 3.63) is 54.1 Å². The zero-order chi connectivity index (χ0) is 16.4. The summed E-state index contributed by atoms with van der Waals surface area (Å²) in [5.41, 5.74) is 2.52. The van der Waals surface area contributed by atoms with Crippen LogP contribution in [-0.2, 0) is 18.3 Å². The summed E-state index contributed by atoms with van der Waals surface area (Å²) in [6, 6.07) is 9.12. The number of amides is 1. The first-order valence-corrected chi connectivity index (χ1v) is 7.33. The van der Waals surface area contributed by atoms with Gasteiger partial charge in [0.15, 0.2) is 0 Å². The van der Waals surface area contributed by atoms with E-state index in [-0.39, 0.29) is 12.3 Å². The van der Waals surface area contributed by atoms with Crippen molar-refractivity contribution in [1.82, 2.24) is 14.5 Å². The lowest BCUT2D eigenvalue weighted by atomic mass is 10.1. The van der Waals surface area contributed by atoms with E-state index < -0.39 is 5.82 Å². The molecular formula is C17H17FN4O. The van der Waals surface area contributed by atoms with Crippen molar-refractivity contribution in [2.75, 3.05) is 11.9 Å². The second kappa shape index (κ2) is 6.16. The van der Waals surface area contributed by atoms with Gasteiger partial charge in [0.05, 0.1) is 17.2 Å². The van der Waals surface area contributed by atoms with Gasteiger partial charge in [-0.1, -0.05) is 12.1 Å². The number of halogens is 1. The molecule has 0 N–H and O–H groups in total. The van der Waals surface area contributed by atoms with E-state index in [4.69, 9.17) is 0 Å². The van der Waals surface area contributed by atoms with Crippen molar-refractivity contribution in [3.8, 4) is 0 Å². The molecule has 0 aliphatic heterocycles. The molecule has 0 unspecified atom stereocenters. The minimum absolute atomic E-state index is 0.0762. The van der Waals surface area contributed by atoms with Crippen LogP contribution in [0.1, 0.15) is 12.0 Å². The molecule has 0 aliphatic carbocycles. The Kier molecular flexibility index (Phi) is 4.06. The van der Waals surface area contributed by atoms with Crippen LogP contribution in [0.25, 0.3) is 11.0 Å². The number of rotatable bonds is 4. The van der Waals surface area contributed by atoms with E-state index in [1.807, 2.05) is 35.9 Å². The summed E-state index contributed by atoms with van der Waals surface area (Å²) in [4.78, 5) is 22.2. The van der Waals surface area contributed by atoms with E-state index in [9.17, 15) is 9.18 Å². The number of hydrogen-bond acceptors (Lipinski definition) is 3. The number of aromatic nitrogens is 3. The summed E-state index contributed by atoms with van der Waals surface area (Å²) in [6.45, 7) is 0. The Morgan fingerprint density at radius 1 is 1.30 bits per heavy atom. The third kappa shape index (κ3) is 3.06. The smallest absolute Gasteiger partial charge is 0.229 e. The molecule has 0 aliphatic rings. The van der Waals surface area contributed by atoms with Gasteiger partial charge < -0.3 is 4.57 Å². The van der Waals surface area contributed by atoms with Crippen molar-refractivity contribution in [1.29, 1.82) is 0 Å². The van der Waals surface area contributed by atoms with Gasteiger partial charge in [-0.2, -0.15) is 0 Å². The number of hydrogen-bond donors (Lipinski definition) is 0. The van der Waals surface area contributed by atoms with Gasteiger partial charge >= 0.3 is 0 Å². The first-order valence-electron chi connectivity index (χ1n) is 7.33. The van der Waals surface area contributed by atoms with Crippen molar-refractivity contribution >= 4 is 22.9 Å². The summed E-state index contributed by atoms with van der Waals surface area (Å²) >= 11 is 0. The average molecular weight is 312 g/mol. The van der Waals surface area contributed by atoms with Gasteiger partial charge in [-0.25, -0.2) is 9.37 Å². The van der Waals surface area contributed by atoms with Gasteiger partial charge in [-0.3, -0.25) is 14.7 Å². The minimum atomic E-state index is -0.390. The Bertz CT molecular complexity index is 859. The van der Waals surface area contributed by atoms with Crippen LogP contribution in [-0.4, -0.2) is 27.5 Å². The van der Waals surface area contributed by atoms with Gasteiger partial charge in [-0.15, -0.1) is 0 Å². The molecule has 0 spiro atoms. The monoisotopic (exact) mass is 312 g/mol. The number of benzene rings is 1. The number of nitrogens with zero attached hydrogens (tertiary/aromatic N) is 4. The van der Waals surface area contributed by atoms with Crippen LogP contribution < -0.4 is 4.90 Å². The summed E-state index contributed by atoms with van der Waals surface area (Å²) in [5, 5.41) is 0. The van der Waals surface area contributed by atoms with Crippen LogP contribution >= 0.6 is 0 Å². The molecule has 0 fully saturated rings. The highest BCUT2D eigenvalue weighted by molar-refractivity contribution is 5.93. The van der Waals surface area contributed by atoms with Gasteiger partial charge in [-0.05, 0) is 30.2 Å². The van der Waals surface area contributed by atoms with Gasteiger partial charge in [0.1, 0.15) is 5.82 Å². The third-order valence-electron chi connectivity index (χ3n) is 3.83. The van der Waals surface area contributed by atoms with Crippen LogP contribution in [0, 0.1) is 5.82 Å². The maximum atomic E-state index is 13.1. The lowest BCUT2D eigenvalue weighted by Gasteiger charge is -2.16. The molecule has 2 aromatic heterocycles. The predicted octanol–water partition coefficient (Wildman–Crippen LogP) is 2.70. The Hall–Kier alpha value is -2.76. The molecule has 5 nitrogen and oxygen atoms in total. The van der Waals surface area contributed by atoms with E-state index >= 15 is 0 Å². The van der Waals surface area contributed by atoms with Gasteiger partial charge in [0.25, 0.3) is 0 Å². The van der Waals surface area contributed by atoms with Crippen LogP contribution in [0.15, 0.2) is 42.7 Å². The Morgan fingerprint density at radius 2 is 2.09 bits per heavy atom. The van der Waals surface area contributed by atoms with Crippen LogP contribution in [0.4, 0.5) is 10.3 Å². The molecule has 0 radical (unpaired) electrons. The molecule has 0 bridgehead atoms. The summed E-state index contributed by atoms with van der Waals surface area (Å²) in [7, 11) is 3.58. The Balaban J connectivity index is 1.75. The van der Waals surface area contributed by atoms with Gasteiger partial charge in [0.2, 0.25) is 11.9 Å². The van der Waals surface area contributed by atoms with E-state index in [2.05, 4.69) is 9.97 Å². The molecule has 0 saturated heterocycles. The molecule has 6 heteroatoms. The lowest BCUT2D eigenvalue weighted by Crippen LogP contribution is -2.28. The first-order chi connectivity index (χ1) is 11.1. The summed E-state index contributed by atoms with van der Waals surface area (Å²) < 4.78 is 15.0. The molecule has 1 amide bonds. The fraction of sp³-hybridized carbons (Fsp3) is 0.235. The maximum Gasteiger partial charge on any atom is 0.229 e. The number of para-hydroxylation sites is 2. The van der Waals surface area contributed by atoms with E-state index in [1.54, 1.807) is 13.2 Å². The number of carbonyl (C=O) groups is 1. The fourth-order valence-electron chi connectivity index (χ4n) is 2.56. The number of carbonyl (C=O) groups excluding carboxylic acids is 1. The zero-order valence-corrected chi connectivity index (χ0v) is 13.0. The number of imidazole rings is 1. The van der Waals surface area contributed by atoms with E-state index in [1.165, 1.54) is 11.0 Å². The number of fused-ring (bicyclic) bond motifs is 1. The predicted molar refractivity (Wildman–Crippen MR) is 86.6 cm³/mol. The van der Waals surface area contributed by atoms with Gasteiger partial charge in [0, 0.05) is 26.7 Å². The largest absolute Gasteiger partial charge is 0.313 e. The number of pyridine rings is 1. The minimum Gasteiger partial charge on any atom is -0.313 e. The summed E-state index contributed by atoms with van der Waals surface area (Å²) in [6.07, 6.45) is 3.44. The standard InChI is InChI=1S/C17H17FN4O/c1-21-15-6-4-3-5-14(15)20-17(21)22(2)16(23)8-7-12-9-13(18)11-19-10-12/h3-6,9-11H,7-8H2,1-2H3. The van der Waals surface area contributed by atoms with Crippen molar-refractivity contribution in [2.24, 2.45) is 7.05 Å². The topological polar surface area (TPSA) is 51.0 Å². The lowest BCUT2D eigenvalue weighted by molar-refractivity contribution is -0.118. The highest BCUT2D eigenvalue weighted by Gasteiger charge is 2.17. The number of aryl methyl sites for hydroxylation is 2. The van der Waals surface area contributed by atoms with Crippen molar-refractivity contribution in [2.45, 2.75) is 12.8 Å². The quantitative estimate of drug-likeness (QED) is 0.744. The van der Waals surface area contributed by atoms with Crippen LogP contribution in [0.2, 0.25) is 0 Å². The molecule has 0 saturated carbocycles. The molecule has 3 rings (SSSR count). The molecule has 118 valence electrons. The Labute approximate surface area is 133 Å². The zero-order valence-electron chi connectivity index (χ0n) is 13.0. The molecule has 0 atom stereocenters. The summed E-state index contributed by atoms with van der Waals surface area (Å²) in [5.74, 6) is 0.125. The SMILES string of the molecule is CN(C(=O)CCc1cncc(F)c1)c1nc2ccccc2n1C. The average Bonchev–Trinajstić information content (AvgIpc) is 2.89. The molecule has 2 heterocycles. The van der Waals surface area contributed by atoms with Crippen LogP contribution in [0.5, 0.6) is 0 Å². The van der Waals surface area contributed by atoms with Crippen LogP contribution in [0.3, 0.4) is 0 Å². The Morgan fingerprint density at radius 3 is 2.83 bits per heavy atom. The first kappa shape index (κ1) is 15.1. The van der Waals surface area contributed by atoms with E-state index in [0.29, 0.717) is 17.9 Å². The normalized spacial score (nSPS) is 10.9. The highest BCUT2D eigenvalue weighted by atomic mass is 19.1. The molecule has 3 aromatic rings. The van der Waals surface area contributed by atoms with Crippen molar-refractivity contribution < 1.29 is 9.18 Å². The number of anilines is 1. The molecular weight excluding hydrogens is 295 g/mol. The van der Waals surface area contributed by atoms with E-state index in [0.717, 1.165) is 17.2 Å². The molecule has 23 heavy (non-hydrogen) atoms. The third-order valence-corrected chi connectivity index (χ3v) is 3.83. The highest BCUT2D eigenvalue weighted by Crippen LogP contribution is 2.20. The second-order valence-corrected chi connectivity index (χ2v) is 5.42. The van der Waals surface area contributed by atoms with Crippen molar-refractivity contribution in [3.63, 3.8) is 0 Å². The maximum absolute atomic E-state index is 13.1. The second-order valence-electron chi connectivity index (χ2n) is 5.42. The molecule has 1 aromatic carbocycles. The fourth-order valence-corrected chi connectivity index (χ4v) is 2.56.